The molecule has 0 aromatic rings. The molecule has 0 saturated carbocycles. The van der Waals surface area contributed by atoms with Crippen LogP contribution in [0.1, 0.15) is 169 Å². The molecular formula is C31H66N+. The molecule has 0 rings (SSSR count). The van der Waals surface area contributed by atoms with E-state index in [1.807, 2.05) is 0 Å². The molecule has 0 spiro atoms. The van der Waals surface area contributed by atoms with E-state index in [4.69, 9.17) is 0 Å². The van der Waals surface area contributed by atoms with E-state index in [1.54, 1.807) is 0 Å². The van der Waals surface area contributed by atoms with Gasteiger partial charge < -0.3 is 4.48 Å². The van der Waals surface area contributed by atoms with Gasteiger partial charge in [0.25, 0.3) is 0 Å². The van der Waals surface area contributed by atoms with Gasteiger partial charge in [-0.15, -0.1) is 0 Å². The van der Waals surface area contributed by atoms with E-state index in [2.05, 4.69) is 34.7 Å². The maximum Gasteiger partial charge on any atom is 0.0784 e. The largest absolute Gasteiger partial charge is 0.326 e. The Kier molecular flexibility index (Phi) is 24.1. The summed E-state index contributed by atoms with van der Waals surface area (Å²) in [6.45, 7) is 13.6. The van der Waals surface area contributed by atoms with Crippen molar-refractivity contribution in [3.05, 3.63) is 0 Å². The lowest BCUT2D eigenvalue weighted by Crippen LogP contribution is -2.46. The van der Waals surface area contributed by atoms with Crippen molar-refractivity contribution in [2.24, 2.45) is 5.92 Å². The van der Waals surface area contributed by atoms with E-state index in [0.29, 0.717) is 0 Å². The van der Waals surface area contributed by atoms with Gasteiger partial charge in [-0.25, -0.2) is 0 Å². The molecule has 0 aliphatic heterocycles. The number of hydrogen-bond acceptors (Lipinski definition) is 0. The molecular weight excluding hydrogens is 386 g/mol. The van der Waals surface area contributed by atoms with E-state index in [-0.39, 0.29) is 0 Å². The molecule has 194 valence electrons. The van der Waals surface area contributed by atoms with Gasteiger partial charge in [0.2, 0.25) is 0 Å². The number of unbranched alkanes of at least 4 members (excludes halogenated alkanes) is 18. The summed E-state index contributed by atoms with van der Waals surface area (Å²) in [5.74, 6) is 0.859. The van der Waals surface area contributed by atoms with Crippen molar-refractivity contribution < 1.29 is 4.48 Å². The van der Waals surface area contributed by atoms with Crippen LogP contribution in [-0.2, 0) is 0 Å². The fourth-order valence-electron chi connectivity index (χ4n) is 5.18. The Morgan fingerprint density at radius 2 is 0.688 bits per heavy atom. The quantitative estimate of drug-likeness (QED) is 0.0903. The summed E-state index contributed by atoms with van der Waals surface area (Å²) in [6.07, 6.45) is 31.9. The van der Waals surface area contributed by atoms with Crippen molar-refractivity contribution in [1.82, 2.24) is 0 Å². The molecule has 32 heavy (non-hydrogen) atoms. The third kappa shape index (κ3) is 23.1. The monoisotopic (exact) mass is 453 g/mol. The fraction of sp³-hybridized carbons (Fsp3) is 1.00. The number of rotatable bonds is 26. The first kappa shape index (κ1) is 32.0. The van der Waals surface area contributed by atoms with E-state index >= 15 is 0 Å². The van der Waals surface area contributed by atoms with Crippen LogP contribution in [0, 0.1) is 5.92 Å². The summed E-state index contributed by atoms with van der Waals surface area (Å²) in [5, 5.41) is 0. The molecule has 1 nitrogen and oxygen atoms in total. The molecule has 0 atom stereocenters. The SMILES string of the molecule is CCCCCCCCCCCC[N+](C)(CCCCCCCCCCCC)CCCC(C)C. The normalized spacial score (nSPS) is 12.2. The highest BCUT2D eigenvalue weighted by Crippen LogP contribution is 2.17. The van der Waals surface area contributed by atoms with Gasteiger partial charge in [-0.1, -0.05) is 130 Å². The van der Waals surface area contributed by atoms with Crippen molar-refractivity contribution in [2.45, 2.75) is 169 Å². The van der Waals surface area contributed by atoms with Crippen LogP contribution < -0.4 is 0 Å². The third-order valence-electron chi connectivity index (χ3n) is 7.58. The highest BCUT2D eigenvalue weighted by molar-refractivity contribution is 4.53. The topological polar surface area (TPSA) is 0 Å². The molecule has 0 aromatic heterocycles. The van der Waals surface area contributed by atoms with Crippen molar-refractivity contribution in [3.8, 4) is 0 Å². The lowest BCUT2D eigenvalue weighted by molar-refractivity contribution is -0.910. The van der Waals surface area contributed by atoms with Crippen LogP contribution in [0.2, 0.25) is 0 Å². The van der Waals surface area contributed by atoms with E-state index in [9.17, 15) is 0 Å². The van der Waals surface area contributed by atoms with Gasteiger partial charge in [0.15, 0.2) is 0 Å². The van der Waals surface area contributed by atoms with Crippen LogP contribution in [0.4, 0.5) is 0 Å². The van der Waals surface area contributed by atoms with Crippen LogP contribution in [-0.4, -0.2) is 31.2 Å². The van der Waals surface area contributed by atoms with Gasteiger partial charge in [0.05, 0.1) is 26.7 Å². The first-order chi connectivity index (χ1) is 15.5. The number of quaternary nitrogens is 1. The minimum atomic E-state index is 0.859. The Bertz CT molecular complexity index is 324. The van der Waals surface area contributed by atoms with Gasteiger partial charge in [-0.3, -0.25) is 0 Å². The molecule has 0 aliphatic rings. The molecule has 0 unspecified atom stereocenters. The number of hydrogen-bond donors (Lipinski definition) is 0. The average Bonchev–Trinajstić information content (AvgIpc) is 2.76. The lowest BCUT2D eigenvalue weighted by Gasteiger charge is -2.35. The fourth-order valence-corrected chi connectivity index (χ4v) is 5.18. The highest BCUT2D eigenvalue weighted by atomic mass is 15.3. The maximum absolute atomic E-state index is 2.57. The molecule has 1 heteroatoms. The average molecular weight is 453 g/mol. The minimum Gasteiger partial charge on any atom is -0.326 e. The highest BCUT2D eigenvalue weighted by Gasteiger charge is 2.20. The van der Waals surface area contributed by atoms with E-state index in [1.165, 1.54) is 165 Å². The van der Waals surface area contributed by atoms with Crippen LogP contribution >= 0.6 is 0 Å². The standard InChI is InChI=1S/C31H66N/c1-6-8-10-12-14-16-18-20-22-24-28-32(5,30-26-27-31(3)4)29-25-23-21-19-17-15-13-11-9-7-2/h31H,6-30H2,1-5H3/q+1. The first-order valence-electron chi connectivity index (χ1n) is 15.4. The third-order valence-corrected chi connectivity index (χ3v) is 7.58. The van der Waals surface area contributed by atoms with E-state index in [0.717, 1.165) is 5.92 Å². The zero-order valence-corrected chi connectivity index (χ0v) is 23.7. The van der Waals surface area contributed by atoms with Crippen LogP contribution in [0.15, 0.2) is 0 Å². The Hall–Kier alpha value is -0.0400. The summed E-state index contributed by atoms with van der Waals surface area (Å²) in [5.41, 5.74) is 0. The summed E-state index contributed by atoms with van der Waals surface area (Å²) in [6, 6.07) is 0. The molecule has 0 aromatic carbocycles. The predicted octanol–water partition coefficient (Wildman–Crippen LogP) is 10.7. The van der Waals surface area contributed by atoms with Crippen molar-refractivity contribution in [2.75, 3.05) is 26.7 Å². The molecule has 0 radical (unpaired) electrons. The molecule has 0 saturated heterocycles. The predicted molar refractivity (Wildman–Crippen MR) is 149 cm³/mol. The number of nitrogens with zero attached hydrogens (tertiary/aromatic N) is 1. The minimum absolute atomic E-state index is 0.859. The summed E-state index contributed by atoms with van der Waals surface area (Å²) >= 11 is 0. The van der Waals surface area contributed by atoms with Crippen LogP contribution in [0.5, 0.6) is 0 Å². The Balaban J connectivity index is 3.91. The van der Waals surface area contributed by atoms with Crippen molar-refractivity contribution >= 4 is 0 Å². The Morgan fingerprint density at radius 1 is 0.406 bits per heavy atom. The molecule has 0 bridgehead atoms. The first-order valence-corrected chi connectivity index (χ1v) is 15.4. The van der Waals surface area contributed by atoms with Crippen LogP contribution in [0.25, 0.3) is 0 Å². The van der Waals surface area contributed by atoms with Crippen molar-refractivity contribution in [3.63, 3.8) is 0 Å². The van der Waals surface area contributed by atoms with Gasteiger partial charge in [0.1, 0.15) is 0 Å². The van der Waals surface area contributed by atoms with E-state index < -0.39 is 0 Å². The summed E-state index contributed by atoms with van der Waals surface area (Å²) < 4.78 is 1.35. The lowest BCUT2D eigenvalue weighted by atomic mass is 10.0. The summed E-state index contributed by atoms with van der Waals surface area (Å²) in [4.78, 5) is 0. The van der Waals surface area contributed by atoms with Gasteiger partial charge in [0, 0.05) is 0 Å². The summed E-state index contributed by atoms with van der Waals surface area (Å²) in [7, 11) is 2.57. The second kappa shape index (κ2) is 24.1. The van der Waals surface area contributed by atoms with Gasteiger partial charge >= 0.3 is 0 Å². The van der Waals surface area contributed by atoms with Gasteiger partial charge in [-0.2, -0.15) is 0 Å². The molecule has 0 N–H and O–H groups in total. The zero-order chi connectivity index (χ0) is 23.8. The Morgan fingerprint density at radius 3 is 1.00 bits per heavy atom. The molecule has 0 heterocycles. The van der Waals surface area contributed by atoms with Crippen LogP contribution in [0.3, 0.4) is 0 Å². The maximum atomic E-state index is 2.57. The zero-order valence-electron chi connectivity index (χ0n) is 23.7. The second-order valence-corrected chi connectivity index (χ2v) is 11.7. The second-order valence-electron chi connectivity index (χ2n) is 11.7. The van der Waals surface area contributed by atoms with Gasteiger partial charge in [-0.05, 0) is 44.4 Å². The molecule has 0 aliphatic carbocycles. The molecule has 0 amide bonds. The van der Waals surface area contributed by atoms with Crippen molar-refractivity contribution in [1.29, 1.82) is 0 Å². The smallest absolute Gasteiger partial charge is 0.0784 e. The molecule has 0 fully saturated rings. The Labute approximate surface area is 206 Å².